The van der Waals surface area contributed by atoms with Crippen LogP contribution in [-0.2, 0) is 18.7 Å². The Bertz CT molecular complexity index is 317. The fraction of sp³-hybridized carbons (Fsp3) is 1.00. The lowest BCUT2D eigenvalue weighted by atomic mass is 10.1. The summed E-state index contributed by atoms with van der Waals surface area (Å²) in [4.78, 5) is 35.6. The van der Waals surface area contributed by atoms with E-state index in [0.717, 1.165) is 0 Å². The van der Waals surface area contributed by atoms with Crippen LogP contribution in [0.5, 0.6) is 0 Å². The molecule has 0 aromatic rings. The van der Waals surface area contributed by atoms with Crippen molar-refractivity contribution in [2.45, 2.75) is 44.2 Å². The van der Waals surface area contributed by atoms with E-state index in [2.05, 4.69) is 5.09 Å². The Labute approximate surface area is 112 Å². The van der Waals surface area contributed by atoms with Gasteiger partial charge in [-0.3, -0.25) is 0 Å². The zero-order valence-electron chi connectivity index (χ0n) is 10.3. The zero-order chi connectivity index (χ0) is 14.2. The van der Waals surface area contributed by atoms with Crippen LogP contribution in [-0.4, -0.2) is 56.5 Å². The molecule has 2 unspecified atom stereocenters. The van der Waals surface area contributed by atoms with Gasteiger partial charge in [0.25, 0.3) is 8.53 Å². The van der Waals surface area contributed by atoms with Crippen molar-refractivity contribution in [2.24, 2.45) is 0 Å². The van der Waals surface area contributed by atoms with E-state index in [-0.39, 0.29) is 6.61 Å². The molecule has 0 radical (unpaired) electrons. The lowest BCUT2D eigenvalue weighted by molar-refractivity contribution is -0.209. The minimum Gasteiger partial charge on any atom is -0.342 e. The van der Waals surface area contributed by atoms with Gasteiger partial charge in [0.15, 0.2) is 12.1 Å². The predicted octanol–water partition coefficient (Wildman–Crippen LogP) is -0.739. The van der Waals surface area contributed by atoms with E-state index in [1.807, 2.05) is 0 Å². The normalized spacial score (nSPS) is 37.3. The third kappa shape index (κ3) is 4.00. The van der Waals surface area contributed by atoms with Gasteiger partial charge >= 0.3 is 8.60 Å². The summed E-state index contributed by atoms with van der Waals surface area (Å²) in [5.41, 5.74) is 0. The monoisotopic (exact) mass is 317 g/mol. The Kier molecular flexibility index (Phi) is 5.09. The van der Waals surface area contributed by atoms with Gasteiger partial charge in [-0.15, -0.1) is 0 Å². The van der Waals surface area contributed by atoms with Crippen LogP contribution in [0.2, 0.25) is 0 Å². The number of ether oxygens (including phenoxy) is 3. The Balaban J connectivity index is 2.01. The predicted molar refractivity (Wildman–Crippen MR) is 64.3 cm³/mol. The maximum atomic E-state index is 9.08. The molecule has 2 heterocycles. The molecule has 2 saturated heterocycles. The second-order valence-corrected chi connectivity index (χ2v) is 6.24. The van der Waals surface area contributed by atoms with Gasteiger partial charge in [0.05, 0.1) is 12.6 Å². The highest BCUT2D eigenvalue weighted by atomic mass is 31.2. The molecule has 0 spiro atoms. The van der Waals surface area contributed by atoms with Gasteiger partial charge in [0.1, 0.15) is 12.2 Å². The molecule has 0 aliphatic carbocycles. The van der Waals surface area contributed by atoms with Crippen molar-refractivity contribution in [1.82, 2.24) is 5.09 Å². The quantitative estimate of drug-likeness (QED) is 0.416. The first-order valence-corrected chi connectivity index (χ1v) is 7.96. The van der Waals surface area contributed by atoms with Crippen LogP contribution < -0.4 is 5.09 Å². The molecule has 0 aromatic carbocycles. The van der Waals surface area contributed by atoms with Crippen LogP contribution in [0, 0.1) is 0 Å². The van der Waals surface area contributed by atoms with E-state index in [1.165, 1.54) is 0 Å². The summed E-state index contributed by atoms with van der Waals surface area (Å²) in [6.07, 6.45) is -1.84. The minimum absolute atomic E-state index is 0.125. The standard InChI is InChI=1S/C8H17NO8P2/c1-8(2)16-6-5(9-18(10)11)4(3-14-19(12)13)15-7(6)17-8/h4-7,9-13H,3H2,1-2H3/t4-,5?,6?,7-/m1/s1. The van der Waals surface area contributed by atoms with Gasteiger partial charge in [-0.05, 0) is 13.8 Å². The first-order chi connectivity index (χ1) is 8.78. The van der Waals surface area contributed by atoms with Crippen molar-refractivity contribution in [3.8, 4) is 0 Å². The molecule has 0 saturated carbocycles. The van der Waals surface area contributed by atoms with Gasteiger partial charge in [-0.25, -0.2) is 5.09 Å². The summed E-state index contributed by atoms with van der Waals surface area (Å²) in [6.45, 7) is 3.32. The second-order valence-electron chi connectivity index (χ2n) is 4.64. The maximum Gasteiger partial charge on any atom is 0.327 e. The van der Waals surface area contributed by atoms with Gasteiger partial charge in [-0.2, -0.15) is 0 Å². The first kappa shape index (κ1) is 15.9. The average Bonchev–Trinajstić information content (AvgIpc) is 2.69. The van der Waals surface area contributed by atoms with Crippen LogP contribution in [0.3, 0.4) is 0 Å². The molecule has 4 atom stereocenters. The molecule has 5 N–H and O–H groups in total. The zero-order valence-corrected chi connectivity index (χ0v) is 12.1. The molecule has 9 nitrogen and oxygen atoms in total. The fourth-order valence-electron chi connectivity index (χ4n) is 2.15. The minimum atomic E-state index is -2.50. The molecular weight excluding hydrogens is 300 g/mol. The third-order valence-electron chi connectivity index (χ3n) is 2.77. The van der Waals surface area contributed by atoms with Crippen molar-refractivity contribution in [2.75, 3.05) is 6.61 Å². The average molecular weight is 317 g/mol. The molecular formula is C8H17NO8P2. The number of hydrogen-bond acceptors (Lipinski definition) is 9. The van der Waals surface area contributed by atoms with Crippen molar-refractivity contribution in [3.63, 3.8) is 0 Å². The number of fused-ring (bicyclic) bond motifs is 1. The van der Waals surface area contributed by atoms with E-state index in [9.17, 15) is 0 Å². The lowest BCUT2D eigenvalue weighted by Gasteiger charge is -2.26. The molecule has 2 aliphatic heterocycles. The van der Waals surface area contributed by atoms with E-state index >= 15 is 0 Å². The van der Waals surface area contributed by atoms with Gasteiger partial charge in [0.2, 0.25) is 0 Å². The molecule has 11 heteroatoms. The second kappa shape index (κ2) is 6.09. The van der Waals surface area contributed by atoms with Crippen molar-refractivity contribution in [1.29, 1.82) is 0 Å². The number of rotatable bonds is 5. The van der Waals surface area contributed by atoms with Crippen molar-refractivity contribution < 1.29 is 38.3 Å². The molecule has 0 amide bonds. The van der Waals surface area contributed by atoms with Gasteiger partial charge < -0.3 is 38.3 Å². The lowest BCUT2D eigenvalue weighted by Crippen LogP contribution is -2.44. The van der Waals surface area contributed by atoms with E-state index in [1.54, 1.807) is 13.8 Å². The van der Waals surface area contributed by atoms with Crippen LogP contribution in [0.25, 0.3) is 0 Å². The fourth-order valence-corrected chi connectivity index (χ4v) is 3.01. The summed E-state index contributed by atoms with van der Waals surface area (Å²) in [6, 6.07) is -0.581. The van der Waals surface area contributed by atoms with E-state index in [0.29, 0.717) is 0 Å². The highest BCUT2D eigenvalue weighted by Crippen LogP contribution is 2.40. The number of nitrogens with one attached hydrogen (secondary N) is 1. The summed E-state index contributed by atoms with van der Waals surface area (Å²) < 4.78 is 21.4. The Morgan fingerprint density at radius 2 is 1.89 bits per heavy atom. The molecule has 2 fully saturated rings. The van der Waals surface area contributed by atoms with E-state index < -0.39 is 47.5 Å². The highest BCUT2D eigenvalue weighted by Gasteiger charge is 2.55. The van der Waals surface area contributed by atoms with Crippen LogP contribution in [0.4, 0.5) is 0 Å². The van der Waals surface area contributed by atoms with Crippen LogP contribution in [0.1, 0.15) is 13.8 Å². The summed E-state index contributed by atoms with van der Waals surface area (Å²) in [5, 5.41) is 2.53. The Hall–Kier alpha value is 0.500. The summed E-state index contributed by atoms with van der Waals surface area (Å²) in [5.74, 6) is -0.824. The topological polar surface area (TPSA) is 130 Å². The first-order valence-electron chi connectivity index (χ1n) is 5.54. The highest BCUT2D eigenvalue weighted by molar-refractivity contribution is 7.42. The molecule has 0 bridgehead atoms. The number of hydrogen-bond donors (Lipinski definition) is 5. The molecule has 2 aliphatic rings. The van der Waals surface area contributed by atoms with Gasteiger partial charge in [0, 0.05) is 0 Å². The molecule has 112 valence electrons. The Morgan fingerprint density at radius 1 is 1.21 bits per heavy atom. The van der Waals surface area contributed by atoms with Crippen molar-refractivity contribution >= 4 is 17.1 Å². The smallest absolute Gasteiger partial charge is 0.327 e. The van der Waals surface area contributed by atoms with Crippen LogP contribution in [0.15, 0.2) is 0 Å². The molecule has 0 aromatic heterocycles. The largest absolute Gasteiger partial charge is 0.342 e. The maximum absolute atomic E-state index is 9.08. The molecule has 2 rings (SSSR count). The SMILES string of the molecule is CC1(C)OC2C(NP(O)O)[C@@H](COP(O)O)O[C@@H]2O1. The third-order valence-corrected chi connectivity index (χ3v) is 3.68. The van der Waals surface area contributed by atoms with Crippen molar-refractivity contribution in [3.05, 3.63) is 0 Å². The Morgan fingerprint density at radius 3 is 2.47 bits per heavy atom. The molecule has 19 heavy (non-hydrogen) atoms. The van der Waals surface area contributed by atoms with Crippen LogP contribution >= 0.6 is 17.1 Å². The van der Waals surface area contributed by atoms with E-state index in [4.69, 9.17) is 38.3 Å². The summed E-state index contributed by atoms with van der Waals surface area (Å²) in [7, 11) is -4.86. The summed E-state index contributed by atoms with van der Waals surface area (Å²) >= 11 is 0. The van der Waals surface area contributed by atoms with Gasteiger partial charge in [-0.1, -0.05) is 0 Å².